The molecular weight excluding hydrogens is 196 g/mol. The molecule has 0 fully saturated rings. The van der Waals surface area contributed by atoms with Gasteiger partial charge in [-0.15, -0.1) is 17.8 Å². The van der Waals surface area contributed by atoms with E-state index in [4.69, 9.17) is 11.2 Å². The largest absolute Gasteiger partial charge is 0.383 e. The highest BCUT2D eigenvalue weighted by Gasteiger charge is 2.03. The van der Waals surface area contributed by atoms with Crippen LogP contribution >= 0.6 is 11.3 Å². The van der Waals surface area contributed by atoms with Gasteiger partial charge in [0.2, 0.25) is 0 Å². The van der Waals surface area contributed by atoms with Crippen molar-refractivity contribution >= 4 is 11.3 Å². The number of nitrogens with zero attached hydrogens (tertiary/aromatic N) is 1. The van der Waals surface area contributed by atoms with Gasteiger partial charge < -0.3 is 10.1 Å². The van der Waals surface area contributed by atoms with Crippen LogP contribution in [0.1, 0.15) is 15.6 Å². The molecule has 0 aromatic carbocycles. The van der Waals surface area contributed by atoms with E-state index >= 15 is 0 Å². The number of methoxy groups -OCH3 is 1. The number of aryl methyl sites for hydroxylation is 1. The van der Waals surface area contributed by atoms with E-state index < -0.39 is 0 Å². The second-order valence-electron chi connectivity index (χ2n) is 2.83. The minimum absolute atomic E-state index is 0.715. The standard InChI is InChI=1S/C10H14N2OS/c1-4-9-8(2)14-10(12-9)7-11-5-6-13-3/h1,11H,5-7H2,2-3H3. The normalized spacial score (nSPS) is 10.1. The molecule has 4 heteroatoms. The molecule has 14 heavy (non-hydrogen) atoms. The van der Waals surface area contributed by atoms with Crippen molar-refractivity contribution in [1.29, 1.82) is 0 Å². The zero-order chi connectivity index (χ0) is 10.4. The number of rotatable bonds is 5. The average Bonchev–Trinajstić information content (AvgIpc) is 2.54. The van der Waals surface area contributed by atoms with Gasteiger partial charge >= 0.3 is 0 Å². The van der Waals surface area contributed by atoms with Crippen LogP contribution < -0.4 is 5.32 Å². The Morgan fingerprint density at radius 1 is 1.64 bits per heavy atom. The molecule has 0 radical (unpaired) electrons. The maximum Gasteiger partial charge on any atom is 0.127 e. The lowest BCUT2D eigenvalue weighted by Crippen LogP contribution is -2.18. The molecule has 0 aliphatic carbocycles. The Morgan fingerprint density at radius 2 is 2.43 bits per heavy atom. The molecule has 1 aromatic heterocycles. The van der Waals surface area contributed by atoms with Crippen molar-refractivity contribution in [2.45, 2.75) is 13.5 Å². The fourth-order valence-corrected chi connectivity index (χ4v) is 1.90. The predicted molar refractivity (Wildman–Crippen MR) is 58.4 cm³/mol. The van der Waals surface area contributed by atoms with Gasteiger partial charge in [-0.3, -0.25) is 0 Å². The van der Waals surface area contributed by atoms with Crippen molar-refractivity contribution in [3.05, 3.63) is 15.6 Å². The van der Waals surface area contributed by atoms with E-state index in [-0.39, 0.29) is 0 Å². The Morgan fingerprint density at radius 3 is 3.00 bits per heavy atom. The number of hydrogen-bond donors (Lipinski definition) is 1. The SMILES string of the molecule is C#Cc1nc(CNCCOC)sc1C. The maximum absolute atomic E-state index is 5.29. The van der Waals surface area contributed by atoms with Crippen LogP contribution in [-0.2, 0) is 11.3 Å². The number of thiazole rings is 1. The fourth-order valence-electron chi connectivity index (χ4n) is 1.03. The third-order valence-corrected chi connectivity index (χ3v) is 2.71. The Hall–Kier alpha value is -0.890. The summed E-state index contributed by atoms with van der Waals surface area (Å²) in [6.45, 7) is 4.30. The van der Waals surface area contributed by atoms with E-state index in [0.29, 0.717) is 6.61 Å². The summed E-state index contributed by atoms with van der Waals surface area (Å²) < 4.78 is 4.92. The third-order valence-electron chi connectivity index (χ3n) is 1.74. The summed E-state index contributed by atoms with van der Waals surface area (Å²) in [5.41, 5.74) is 0.763. The van der Waals surface area contributed by atoms with E-state index in [1.807, 2.05) is 6.92 Å². The molecule has 0 aliphatic heterocycles. The van der Waals surface area contributed by atoms with Gasteiger partial charge in [0, 0.05) is 25.1 Å². The molecule has 76 valence electrons. The van der Waals surface area contributed by atoms with Gasteiger partial charge in [-0.1, -0.05) is 0 Å². The predicted octanol–water partition coefficient (Wildman–Crippen LogP) is 1.17. The zero-order valence-electron chi connectivity index (χ0n) is 8.46. The molecule has 0 atom stereocenters. The van der Waals surface area contributed by atoms with Crippen molar-refractivity contribution in [1.82, 2.24) is 10.3 Å². The van der Waals surface area contributed by atoms with E-state index in [1.54, 1.807) is 18.4 Å². The van der Waals surface area contributed by atoms with Crippen molar-refractivity contribution in [3.8, 4) is 12.3 Å². The Labute approximate surface area is 88.5 Å². The summed E-state index contributed by atoms with van der Waals surface area (Å²) in [7, 11) is 1.69. The third kappa shape index (κ3) is 3.11. The molecule has 1 aromatic rings. The first-order valence-corrected chi connectivity index (χ1v) is 5.22. The molecule has 3 nitrogen and oxygen atoms in total. The summed E-state index contributed by atoms with van der Waals surface area (Å²) in [4.78, 5) is 5.41. The Bertz CT molecular complexity index is 327. The van der Waals surface area contributed by atoms with Gasteiger partial charge in [-0.05, 0) is 12.8 Å². The monoisotopic (exact) mass is 210 g/mol. The second-order valence-corrected chi connectivity index (χ2v) is 4.11. The lowest BCUT2D eigenvalue weighted by atomic mass is 10.4. The minimum atomic E-state index is 0.715. The highest BCUT2D eigenvalue weighted by atomic mass is 32.1. The first kappa shape index (κ1) is 11.2. The van der Waals surface area contributed by atoms with Crippen LogP contribution in [0.3, 0.4) is 0 Å². The molecule has 0 unspecified atom stereocenters. The lowest BCUT2D eigenvalue weighted by Gasteiger charge is -1.99. The first-order chi connectivity index (χ1) is 6.77. The first-order valence-electron chi connectivity index (χ1n) is 4.40. The number of nitrogens with one attached hydrogen (secondary N) is 1. The number of aromatic nitrogens is 1. The summed E-state index contributed by atoms with van der Waals surface area (Å²) in [5.74, 6) is 2.56. The number of terminal acetylenes is 1. The highest BCUT2D eigenvalue weighted by Crippen LogP contribution is 2.15. The molecule has 1 rings (SSSR count). The van der Waals surface area contributed by atoms with Gasteiger partial charge in [0.1, 0.15) is 10.7 Å². The second kappa shape index (κ2) is 5.76. The van der Waals surface area contributed by atoms with Crippen LogP contribution in [0.15, 0.2) is 0 Å². The van der Waals surface area contributed by atoms with Crippen LogP contribution in [-0.4, -0.2) is 25.2 Å². The molecular formula is C10H14N2OS. The highest BCUT2D eigenvalue weighted by molar-refractivity contribution is 7.11. The number of hydrogen-bond acceptors (Lipinski definition) is 4. The number of ether oxygens (including phenoxy) is 1. The van der Waals surface area contributed by atoms with E-state index in [9.17, 15) is 0 Å². The fraction of sp³-hybridized carbons (Fsp3) is 0.500. The van der Waals surface area contributed by atoms with Crippen LogP contribution in [0.4, 0.5) is 0 Å². The quantitative estimate of drug-likeness (QED) is 0.585. The summed E-state index contributed by atoms with van der Waals surface area (Å²) in [5, 5.41) is 4.26. The molecule has 0 amide bonds. The minimum Gasteiger partial charge on any atom is -0.383 e. The molecule has 0 saturated carbocycles. The molecule has 0 saturated heterocycles. The van der Waals surface area contributed by atoms with Crippen LogP contribution in [0.5, 0.6) is 0 Å². The van der Waals surface area contributed by atoms with Crippen LogP contribution in [0, 0.1) is 19.3 Å². The van der Waals surface area contributed by atoms with Gasteiger partial charge in [0.15, 0.2) is 0 Å². The Kier molecular flexibility index (Phi) is 4.60. The van der Waals surface area contributed by atoms with Gasteiger partial charge in [0.05, 0.1) is 6.61 Å². The molecule has 0 aliphatic rings. The summed E-state index contributed by atoms with van der Waals surface area (Å²) >= 11 is 1.64. The average molecular weight is 210 g/mol. The maximum atomic E-state index is 5.29. The zero-order valence-corrected chi connectivity index (χ0v) is 9.28. The van der Waals surface area contributed by atoms with Gasteiger partial charge in [0.25, 0.3) is 0 Å². The topological polar surface area (TPSA) is 34.2 Å². The molecule has 0 spiro atoms. The van der Waals surface area contributed by atoms with Crippen molar-refractivity contribution < 1.29 is 4.74 Å². The van der Waals surface area contributed by atoms with Crippen molar-refractivity contribution in [2.75, 3.05) is 20.3 Å². The lowest BCUT2D eigenvalue weighted by molar-refractivity contribution is 0.199. The van der Waals surface area contributed by atoms with Crippen molar-refractivity contribution in [3.63, 3.8) is 0 Å². The van der Waals surface area contributed by atoms with Gasteiger partial charge in [-0.2, -0.15) is 0 Å². The Balaban J connectivity index is 2.40. The molecule has 1 N–H and O–H groups in total. The van der Waals surface area contributed by atoms with Gasteiger partial charge in [-0.25, -0.2) is 4.98 Å². The molecule has 1 heterocycles. The van der Waals surface area contributed by atoms with E-state index in [2.05, 4.69) is 16.2 Å². The summed E-state index contributed by atoms with van der Waals surface area (Å²) in [6, 6.07) is 0. The van der Waals surface area contributed by atoms with Crippen molar-refractivity contribution in [2.24, 2.45) is 0 Å². The summed E-state index contributed by atoms with van der Waals surface area (Å²) in [6.07, 6.45) is 5.29. The van der Waals surface area contributed by atoms with E-state index in [1.165, 1.54) is 0 Å². The smallest absolute Gasteiger partial charge is 0.127 e. The van der Waals surface area contributed by atoms with E-state index in [0.717, 1.165) is 28.7 Å². The van der Waals surface area contributed by atoms with Crippen LogP contribution in [0.25, 0.3) is 0 Å². The molecule has 0 bridgehead atoms. The van der Waals surface area contributed by atoms with Crippen LogP contribution in [0.2, 0.25) is 0 Å².